The van der Waals surface area contributed by atoms with Crippen molar-refractivity contribution in [1.82, 2.24) is 0 Å². The summed E-state index contributed by atoms with van der Waals surface area (Å²) in [5, 5.41) is 5.03. The molecule has 3 heteroatoms. The quantitative estimate of drug-likeness (QED) is 0.517. The van der Waals surface area contributed by atoms with Gasteiger partial charge in [-0.1, -0.05) is 41.9 Å². The van der Waals surface area contributed by atoms with E-state index in [2.05, 4.69) is 22.4 Å². The van der Waals surface area contributed by atoms with Crippen molar-refractivity contribution in [3.8, 4) is 0 Å². The zero-order valence-electron chi connectivity index (χ0n) is 7.20. The molecule has 2 rings (SSSR count). The van der Waals surface area contributed by atoms with Crippen LogP contribution in [-0.4, -0.2) is 5.16 Å². The summed E-state index contributed by atoms with van der Waals surface area (Å²) < 4.78 is 0. The van der Waals surface area contributed by atoms with Crippen molar-refractivity contribution in [2.75, 3.05) is 0 Å². The highest BCUT2D eigenvalue weighted by Gasteiger charge is 2.03. The lowest BCUT2D eigenvalue weighted by atomic mass is 10.1. The summed E-state index contributed by atoms with van der Waals surface area (Å²) in [6, 6.07) is 11.7. The van der Waals surface area contributed by atoms with Gasteiger partial charge >= 0.3 is 0 Å². The molecule has 0 aromatic heterocycles. The number of hydrogen-bond acceptors (Lipinski definition) is 2. The Hall–Kier alpha value is -1.21. The summed E-state index contributed by atoms with van der Waals surface area (Å²) in [4.78, 5) is 3.97. The number of halogens is 1. The molecule has 0 heterocycles. The highest BCUT2D eigenvalue weighted by Crippen LogP contribution is 2.32. The normalized spacial score (nSPS) is 9.79. The van der Waals surface area contributed by atoms with Crippen molar-refractivity contribution >= 4 is 45.4 Å². The van der Waals surface area contributed by atoms with Gasteiger partial charge in [0.25, 0.3) is 0 Å². The van der Waals surface area contributed by atoms with Gasteiger partial charge in [0.2, 0.25) is 0 Å². The molecule has 0 unspecified atom stereocenters. The number of hydrogen-bond donors (Lipinski definition) is 0. The molecule has 0 radical (unpaired) electrons. The van der Waals surface area contributed by atoms with Crippen LogP contribution in [0.2, 0.25) is 5.02 Å². The first-order valence-electron chi connectivity index (χ1n) is 4.08. The maximum atomic E-state index is 6.00. The van der Waals surface area contributed by atoms with E-state index in [1.54, 1.807) is 0 Å². The van der Waals surface area contributed by atoms with Crippen molar-refractivity contribution in [1.29, 1.82) is 0 Å². The Morgan fingerprint density at radius 3 is 2.71 bits per heavy atom. The van der Waals surface area contributed by atoms with Crippen LogP contribution < -0.4 is 0 Å². The monoisotopic (exact) mass is 219 g/mol. The average Bonchev–Trinajstić information content (AvgIpc) is 2.23. The molecular formula is C11H6ClNS. The Balaban J connectivity index is 2.89. The predicted molar refractivity (Wildman–Crippen MR) is 63.6 cm³/mol. The first-order valence-corrected chi connectivity index (χ1v) is 4.86. The van der Waals surface area contributed by atoms with Crippen LogP contribution in [0.4, 0.5) is 5.69 Å². The van der Waals surface area contributed by atoms with Gasteiger partial charge < -0.3 is 0 Å². The van der Waals surface area contributed by atoms with Gasteiger partial charge in [0.05, 0.1) is 10.2 Å². The maximum Gasteiger partial charge on any atom is 0.100 e. The largest absolute Gasteiger partial charge is 0.192 e. The summed E-state index contributed by atoms with van der Waals surface area (Å²) in [5.74, 6) is 0. The van der Waals surface area contributed by atoms with Crippen LogP contribution in [0.5, 0.6) is 0 Å². The molecule has 0 aliphatic heterocycles. The number of isothiocyanates is 1. The smallest absolute Gasteiger partial charge is 0.100 e. The van der Waals surface area contributed by atoms with Crippen molar-refractivity contribution in [2.45, 2.75) is 0 Å². The molecule has 0 aliphatic rings. The number of benzene rings is 2. The van der Waals surface area contributed by atoms with E-state index in [1.165, 1.54) is 0 Å². The lowest BCUT2D eigenvalue weighted by Gasteiger charge is -2.02. The fourth-order valence-electron chi connectivity index (χ4n) is 1.39. The molecule has 0 amide bonds. The second-order valence-corrected chi connectivity index (χ2v) is 3.41. The van der Waals surface area contributed by atoms with Crippen LogP contribution >= 0.6 is 23.8 Å². The lowest BCUT2D eigenvalue weighted by Crippen LogP contribution is -1.74. The molecular weight excluding hydrogens is 214 g/mol. The maximum absolute atomic E-state index is 6.00. The van der Waals surface area contributed by atoms with E-state index in [1.807, 2.05) is 36.4 Å². The van der Waals surface area contributed by atoms with E-state index in [9.17, 15) is 0 Å². The molecule has 68 valence electrons. The lowest BCUT2D eigenvalue weighted by molar-refractivity contribution is 1.59. The Morgan fingerprint density at radius 1 is 1.14 bits per heavy atom. The summed E-state index contributed by atoms with van der Waals surface area (Å²) in [7, 11) is 0. The summed E-state index contributed by atoms with van der Waals surface area (Å²) >= 11 is 10.6. The third-order valence-electron chi connectivity index (χ3n) is 2.01. The zero-order chi connectivity index (χ0) is 9.97. The third kappa shape index (κ3) is 1.55. The molecule has 2 aromatic carbocycles. The molecule has 14 heavy (non-hydrogen) atoms. The molecule has 2 aromatic rings. The van der Waals surface area contributed by atoms with Gasteiger partial charge in [-0.3, -0.25) is 0 Å². The first-order chi connectivity index (χ1) is 6.83. The minimum absolute atomic E-state index is 0.598. The number of aliphatic imine (C=N–C) groups is 1. The highest BCUT2D eigenvalue weighted by atomic mass is 35.5. The summed E-state index contributed by atoms with van der Waals surface area (Å²) in [5.41, 5.74) is 0.694. The molecule has 1 nitrogen and oxygen atoms in total. The topological polar surface area (TPSA) is 12.4 Å². The third-order valence-corrected chi connectivity index (χ3v) is 2.41. The van der Waals surface area contributed by atoms with Gasteiger partial charge in [-0.05, 0) is 23.7 Å². The van der Waals surface area contributed by atoms with Gasteiger partial charge in [-0.25, -0.2) is 0 Å². The molecule has 0 N–H and O–H groups in total. The van der Waals surface area contributed by atoms with Crippen LogP contribution in [0.15, 0.2) is 41.4 Å². The fourth-order valence-corrected chi connectivity index (χ4v) is 1.69. The molecule has 0 spiro atoms. The summed E-state index contributed by atoms with van der Waals surface area (Å²) in [6.45, 7) is 0. The van der Waals surface area contributed by atoms with Crippen molar-refractivity contribution < 1.29 is 0 Å². The van der Waals surface area contributed by atoms with E-state index >= 15 is 0 Å². The van der Waals surface area contributed by atoms with Gasteiger partial charge in [-0.2, -0.15) is 4.99 Å². The number of fused-ring (bicyclic) bond motifs is 1. The standard InChI is InChI=1S/C11H6ClNS/c12-10-6-5-8-3-1-2-4-9(8)11(10)13-7-14/h1-6H. The van der Waals surface area contributed by atoms with Crippen molar-refractivity contribution in [3.05, 3.63) is 41.4 Å². The zero-order valence-corrected chi connectivity index (χ0v) is 8.77. The first kappa shape index (κ1) is 9.35. The minimum Gasteiger partial charge on any atom is -0.192 e. The fraction of sp³-hybridized carbons (Fsp3) is 0. The Bertz CT molecular complexity index is 530. The van der Waals surface area contributed by atoms with Gasteiger partial charge in [0.1, 0.15) is 5.69 Å². The molecule has 0 aliphatic carbocycles. The van der Waals surface area contributed by atoms with Gasteiger partial charge in [0, 0.05) is 5.39 Å². The minimum atomic E-state index is 0.598. The van der Waals surface area contributed by atoms with Crippen LogP contribution in [0.1, 0.15) is 0 Å². The molecule has 0 saturated heterocycles. The Kier molecular flexibility index (Phi) is 2.60. The van der Waals surface area contributed by atoms with Gasteiger partial charge in [-0.15, -0.1) is 0 Å². The SMILES string of the molecule is S=C=Nc1c(Cl)ccc2ccccc12. The van der Waals surface area contributed by atoms with E-state index in [-0.39, 0.29) is 0 Å². The van der Waals surface area contributed by atoms with Crippen LogP contribution in [-0.2, 0) is 0 Å². The van der Waals surface area contributed by atoms with E-state index in [0.29, 0.717) is 10.7 Å². The number of rotatable bonds is 1. The van der Waals surface area contributed by atoms with Crippen molar-refractivity contribution in [2.24, 2.45) is 4.99 Å². The Labute approximate surface area is 92.0 Å². The number of nitrogens with zero attached hydrogens (tertiary/aromatic N) is 1. The number of thiocarbonyl (C=S) groups is 1. The van der Waals surface area contributed by atoms with Crippen LogP contribution in [0.25, 0.3) is 10.8 Å². The second-order valence-electron chi connectivity index (χ2n) is 2.82. The predicted octanol–water partition coefficient (Wildman–Crippen LogP) is 4.23. The molecule has 0 bridgehead atoms. The van der Waals surface area contributed by atoms with Gasteiger partial charge in [0.15, 0.2) is 0 Å². The highest BCUT2D eigenvalue weighted by molar-refractivity contribution is 7.78. The summed E-state index contributed by atoms with van der Waals surface area (Å²) in [6.07, 6.45) is 0. The van der Waals surface area contributed by atoms with E-state index in [4.69, 9.17) is 11.6 Å². The Morgan fingerprint density at radius 2 is 1.93 bits per heavy atom. The molecule has 0 atom stereocenters. The molecule has 0 saturated carbocycles. The van der Waals surface area contributed by atoms with Crippen LogP contribution in [0.3, 0.4) is 0 Å². The van der Waals surface area contributed by atoms with E-state index < -0.39 is 0 Å². The van der Waals surface area contributed by atoms with E-state index in [0.717, 1.165) is 10.8 Å². The van der Waals surface area contributed by atoms with Crippen LogP contribution in [0, 0.1) is 0 Å². The molecule has 0 fully saturated rings. The average molecular weight is 220 g/mol. The van der Waals surface area contributed by atoms with Crippen molar-refractivity contribution in [3.63, 3.8) is 0 Å². The second kappa shape index (κ2) is 3.89.